The lowest BCUT2D eigenvalue weighted by Gasteiger charge is -2.02. The highest BCUT2D eigenvalue weighted by Crippen LogP contribution is 2.01. The second-order valence-electron chi connectivity index (χ2n) is 4.77. The molecule has 1 rings (SSSR count). The molecule has 5 heteroatoms. The molecule has 0 aromatic heterocycles. The van der Waals surface area contributed by atoms with Crippen molar-refractivity contribution < 1.29 is 14.8 Å². The van der Waals surface area contributed by atoms with Gasteiger partial charge in [-0.15, -0.1) is 0 Å². The minimum Gasteiger partial charge on any atom is -0.353 e. The van der Waals surface area contributed by atoms with Gasteiger partial charge >= 0.3 is 0 Å². The number of hydrogen-bond donors (Lipinski definition) is 3. The molecular weight excluding hydrogens is 280 g/mol. The number of unbranched alkanes of at least 4 members (excludes halogenated alkanes) is 2. The summed E-state index contributed by atoms with van der Waals surface area (Å²) in [5, 5.41) is 11.1. The molecular formula is C17H22N2O3. The number of carbonyl (C=O) groups excluding carboxylic acids is 2. The first-order chi connectivity index (χ1) is 10.7. The minimum absolute atomic E-state index is 0.134. The summed E-state index contributed by atoms with van der Waals surface area (Å²) in [7, 11) is 0. The Morgan fingerprint density at radius 2 is 1.82 bits per heavy atom. The van der Waals surface area contributed by atoms with Crippen LogP contribution in [-0.2, 0) is 9.59 Å². The van der Waals surface area contributed by atoms with E-state index in [9.17, 15) is 9.59 Å². The van der Waals surface area contributed by atoms with Gasteiger partial charge in [-0.25, -0.2) is 5.48 Å². The summed E-state index contributed by atoms with van der Waals surface area (Å²) in [6.07, 6.45) is 9.56. The third-order valence-electron chi connectivity index (χ3n) is 2.95. The lowest BCUT2D eigenvalue weighted by Crippen LogP contribution is -2.22. The number of hydroxylamine groups is 1. The van der Waals surface area contributed by atoms with Crippen molar-refractivity contribution in [2.24, 2.45) is 0 Å². The number of rotatable bonds is 9. The van der Waals surface area contributed by atoms with Gasteiger partial charge in [0.05, 0.1) is 0 Å². The first-order valence-electron chi connectivity index (χ1n) is 7.33. The fraction of sp³-hybridized carbons (Fsp3) is 0.294. The smallest absolute Gasteiger partial charge is 0.243 e. The van der Waals surface area contributed by atoms with Crippen LogP contribution in [0.15, 0.2) is 48.6 Å². The summed E-state index contributed by atoms with van der Waals surface area (Å²) in [5.74, 6) is -0.511. The highest BCUT2D eigenvalue weighted by molar-refractivity contribution is 5.87. The number of allylic oxidation sites excluding steroid dienone is 2. The average Bonchev–Trinajstić information content (AvgIpc) is 2.55. The topological polar surface area (TPSA) is 78.4 Å². The Bertz CT molecular complexity index is 510. The van der Waals surface area contributed by atoms with E-state index in [-0.39, 0.29) is 11.8 Å². The van der Waals surface area contributed by atoms with E-state index in [1.54, 1.807) is 11.6 Å². The summed E-state index contributed by atoms with van der Waals surface area (Å²) < 4.78 is 0. The van der Waals surface area contributed by atoms with Crippen molar-refractivity contribution in [2.45, 2.75) is 25.7 Å². The van der Waals surface area contributed by atoms with Crippen LogP contribution in [0.2, 0.25) is 0 Å². The molecule has 0 radical (unpaired) electrons. The van der Waals surface area contributed by atoms with Crippen molar-refractivity contribution in [3.8, 4) is 0 Å². The maximum absolute atomic E-state index is 11.5. The van der Waals surface area contributed by atoms with E-state index in [1.165, 1.54) is 6.08 Å². The first-order valence-corrected chi connectivity index (χ1v) is 7.33. The van der Waals surface area contributed by atoms with Gasteiger partial charge in [0, 0.05) is 19.0 Å². The van der Waals surface area contributed by atoms with E-state index < -0.39 is 0 Å². The van der Waals surface area contributed by atoms with Gasteiger partial charge in [0.2, 0.25) is 11.8 Å². The van der Waals surface area contributed by atoms with Crippen molar-refractivity contribution in [3.05, 3.63) is 54.1 Å². The van der Waals surface area contributed by atoms with E-state index >= 15 is 0 Å². The number of nitrogens with one attached hydrogen (secondary N) is 2. The molecule has 1 aromatic rings. The third kappa shape index (κ3) is 8.71. The quantitative estimate of drug-likeness (QED) is 0.215. The Labute approximate surface area is 130 Å². The number of hydrogen-bond acceptors (Lipinski definition) is 3. The maximum Gasteiger partial charge on any atom is 0.243 e. The van der Waals surface area contributed by atoms with E-state index in [2.05, 4.69) is 5.32 Å². The van der Waals surface area contributed by atoms with Crippen molar-refractivity contribution in [3.63, 3.8) is 0 Å². The predicted molar refractivity (Wildman–Crippen MR) is 86.0 cm³/mol. The van der Waals surface area contributed by atoms with Crippen molar-refractivity contribution in [1.82, 2.24) is 10.8 Å². The van der Waals surface area contributed by atoms with Gasteiger partial charge < -0.3 is 5.32 Å². The van der Waals surface area contributed by atoms with Crippen LogP contribution in [0.1, 0.15) is 31.2 Å². The van der Waals surface area contributed by atoms with Crippen molar-refractivity contribution in [1.29, 1.82) is 0 Å². The molecule has 0 heterocycles. The number of amides is 2. The highest BCUT2D eigenvalue weighted by Gasteiger charge is 1.98. The zero-order chi connectivity index (χ0) is 16.0. The molecule has 0 aliphatic heterocycles. The van der Waals surface area contributed by atoms with Gasteiger partial charge in [-0.2, -0.15) is 0 Å². The van der Waals surface area contributed by atoms with Crippen LogP contribution < -0.4 is 10.8 Å². The molecule has 0 aliphatic rings. The minimum atomic E-state index is -0.378. The molecule has 5 nitrogen and oxygen atoms in total. The van der Waals surface area contributed by atoms with Crippen LogP contribution in [0.4, 0.5) is 0 Å². The Balaban J connectivity index is 2.09. The monoisotopic (exact) mass is 302 g/mol. The zero-order valence-electron chi connectivity index (χ0n) is 12.5. The molecule has 0 fully saturated rings. The zero-order valence-corrected chi connectivity index (χ0v) is 12.5. The fourth-order valence-electron chi connectivity index (χ4n) is 1.79. The molecule has 0 saturated carbocycles. The largest absolute Gasteiger partial charge is 0.353 e. The number of benzene rings is 1. The highest BCUT2D eigenvalue weighted by atomic mass is 16.5. The van der Waals surface area contributed by atoms with Gasteiger partial charge in [-0.3, -0.25) is 14.8 Å². The molecule has 0 bridgehead atoms. The molecule has 3 N–H and O–H groups in total. The molecule has 0 atom stereocenters. The number of carbonyl (C=O) groups is 2. The van der Waals surface area contributed by atoms with Gasteiger partial charge in [0.1, 0.15) is 0 Å². The van der Waals surface area contributed by atoms with Crippen LogP contribution in [-0.4, -0.2) is 23.6 Å². The molecule has 0 unspecified atom stereocenters. The fourth-order valence-corrected chi connectivity index (χ4v) is 1.79. The van der Waals surface area contributed by atoms with Gasteiger partial charge in [0.25, 0.3) is 0 Å². The van der Waals surface area contributed by atoms with Crippen LogP contribution in [0, 0.1) is 0 Å². The lowest BCUT2D eigenvalue weighted by molar-refractivity contribution is -0.129. The molecule has 2 amide bonds. The van der Waals surface area contributed by atoms with Crippen molar-refractivity contribution >= 4 is 17.9 Å². The normalized spacial score (nSPS) is 11.0. The van der Waals surface area contributed by atoms with E-state index in [1.807, 2.05) is 42.5 Å². The molecule has 0 aliphatic carbocycles. The average molecular weight is 302 g/mol. The summed E-state index contributed by atoms with van der Waals surface area (Å²) in [6, 6.07) is 9.85. The van der Waals surface area contributed by atoms with Crippen LogP contribution in [0.3, 0.4) is 0 Å². The second-order valence-corrected chi connectivity index (χ2v) is 4.77. The summed E-state index contributed by atoms with van der Waals surface area (Å²) >= 11 is 0. The van der Waals surface area contributed by atoms with Crippen LogP contribution in [0.25, 0.3) is 6.08 Å². The summed E-state index contributed by atoms with van der Waals surface area (Å²) in [6.45, 7) is 0.576. The van der Waals surface area contributed by atoms with Crippen LogP contribution >= 0.6 is 0 Å². The lowest BCUT2D eigenvalue weighted by atomic mass is 10.2. The van der Waals surface area contributed by atoms with Gasteiger partial charge in [-0.1, -0.05) is 55.0 Å². The van der Waals surface area contributed by atoms with Crippen molar-refractivity contribution in [2.75, 3.05) is 6.54 Å². The van der Waals surface area contributed by atoms with E-state index in [4.69, 9.17) is 5.21 Å². The maximum atomic E-state index is 11.5. The summed E-state index contributed by atoms with van der Waals surface area (Å²) in [5.41, 5.74) is 2.67. The van der Waals surface area contributed by atoms with E-state index in [0.717, 1.165) is 18.4 Å². The van der Waals surface area contributed by atoms with Gasteiger partial charge in [-0.05, 0) is 18.4 Å². The Kier molecular flexibility index (Phi) is 9.05. The predicted octanol–water partition coefficient (Wildman–Crippen LogP) is 2.44. The molecule has 0 spiro atoms. The second kappa shape index (κ2) is 11.3. The third-order valence-corrected chi connectivity index (χ3v) is 2.95. The Morgan fingerprint density at radius 3 is 2.55 bits per heavy atom. The van der Waals surface area contributed by atoms with Crippen LogP contribution in [0.5, 0.6) is 0 Å². The Morgan fingerprint density at radius 1 is 1.05 bits per heavy atom. The van der Waals surface area contributed by atoms with E-state index in [0.29, 0.717) is 19.4 Å². The molecule has 118 valence electrons. The molecule has 1 aromatic carbocycles. The van der Waals surface area contributed by atoms with Gasteiger partial charge in [0.15, 0.2) is 0 Å². The summed E-state index contributed by atoms with van der Waals surface area (Å²) in [4.78, 5) is 22.3. The molecule has 0 saturated heterocycles. The Hall–Kier alpha value is -2.40. The molecule has 22 heavy (non-hydrogen) atoms. The first kappa shape index (κ1) is 17.7. The standard InChI is InChI=1S/C17H22N2O3/c20-16(18-14-8-2-5-13-17(21)19-22)12-7-6-11-15-9-3-1-4-10-15/h1,3-4,6-7,9-12,22H,2,5,8,13-14H2,(H,18,20)(H,19,21)/b11-6+,12-7+. The SMILES string of the molecule is O=C(/C=C/C=C/c1ccccc1)NCCCCCC(=O)NO.